The second-order valence-electron chi connectivity index (χ2n) is 4.75. The Kier molecular flexibility index (Phi) is 2.90. The van der Waals surface area contributed by atoms with Gasteiger partial charge in [0.1, 0.15) is 17.7 Å². The molecule has 0 radical (unpaired) electrons. The summed E-state index contributed by atoms with van der Waals surface area (Å²) in [6, 6.07) is 15.2. The molecule has 0 aliphatic heterocycles. The minimum absolute atomic E-state index is 0.0227. The molecule has 98 valence electrons. The van der Waals surface area contributed by atoms with Crippen molar-refractivity contribution in [3.8, 4) is 12.1 Å². The molecule has 0 spiro atoms. The van der Waals surface area contributed by atoms with E-state index >= 15 is 0 Å². The van der Waals surface area contributed by atoms with Gasteiger partial charge >= 0.3 is 0 Å². The van der Waals surface area contributed by atoms with Crippen molar-refractivity contribution in [1.29, 1.82) is 10.5 Å². The number of fused-ring (bicyclic) bond motifs is 2. The third-order valence-electron chi connectivity index (χ3n) is 3.68. The zero-order chi connectivity index (χ0) is 15.0. The number of ketones is 1. The lowest BCUT2D eigenvalue weighted by atomic mass is 9.97. The van der Waals surface area contributed by atoms with Gasteiger partial charge in [0.25, 0.3) is 0 Å². The van der Waals surface area contributed by atoms with E-state index in [1.165, 1.54) is 0 Å². The summed E-state index contributed by atoms with van der Waals surface area (Å²) in [7, 11) is 0. The van der Waals surface area contributed by atoms with E-state index in [1.54, 1.807) is 13.0 Å². The Balaban J connectivity index is 2.46. The summed E-state index contributed by atoms with van der Waals surface area (Å²) in [6.45, 7) is 1.74. The monoisotopic (exact) mass is 270 g/mol. The summed E-state index contributed by atoms with van der Waals surface area (Å²) in [5.41, 5.74) is 2.09. The molecule has 0 aromatic heterocycles. The first-order valence-corrected chi connectivity index (χ1v) is 6.50. The van der Waals surface area contributed by atoms with Gasteiger partial charge in [-0.25, -0.2) is 0 Å². The van der Waals surface area contributed by atoms with Crippen molar-refractivity contribution in [3.05, 3.63) is 64.7 Å². The van der Waals surface area contributed by atoms with Crippen LogP contribution in [-0.4, -0.2) is 5.78 Å². The number of hydrogen-bond donors (Lipinski definition) is 0. The molecule has 2 aromatic rings. The largest absolute Gasteiger partial charge is 0.289 e. The first-order valence-electron chi connectivity index (χ1n) is 6.50. The molecule has 2 aromatic carbocycles. The standard InChI is InChI=1S/C18H10N2O/c1-2-14-17(13(9-19)10-20)15-7-11-5-3-4-6-12(11)8-16(15)18(14)21/h2-8H,1H3/b14-2-. The van der Waals surface area contributed by atoms with Crippen LogP contribution >= 0.6 is 0 Å². The van der Waals surface area contributed by atoms with E-state index < -0.39 is 0 Å². The van der Waals surface area contributed by atoms with Gasteiger partial charge in [-0.15, -0.1) is 0 Å². The van der Waals surface area contributed by atoms with Gasteiger partial charge in [-0.1, -0.05) is 30.3 Å². The molecular weight excluding hydrogens is 260 g/mol. The highest BCUT2D eigenvalue weighted by atomic mass is 16.1. The smallest absolute Gasteiger partial charge is 0.194 e. The Hall–Kier alpha value is -3.17. The van der Waals surface area contributed by atoms with Gasteiger partial charge < -0.3 is 0 Å². The van der Waals surface area contributed by atoms with Gasteiger partial charge in [0, 0.05) is 16.7 Å². The van der Waals surface area contributed by atoms with Crippen LogP contribution in [0.3, 0.4) is 0 Å². The third-order valence-corrected chi connectivity index (χ3v) is 3.68. The Bertz CT molecular complexity index is 918. The maximum atomic E-state index is 12.5. The summed E-state index contributed by atoms with van der Waals surface area (Å²) in [6.07, 6.45) is 1.66. The Morgan fingerprint density at radius 1 is 1.05 bits per heavy atom. The Morgan fingerprint density at radius 2 is 1.62 bits per heavy atom. The summed E-state index contributed by atoms with van der Waals surface area (Å²) < 4.78 is 0. The van der Waals surface area contributed by atoms with Crippen LogP contribution in [0.15, 0.2) is 53.6 Å². The molecule has 3 rings (SSSR count). The summed E-state index contributed by atoms with van der Waals surface area (Å²) in [4.78, 5) is 12.5. The first-order chi connectivity index (χ1) is 10.2. The normalized spacial score (nSPS) is 14.9. The highest BCUT2D eigenvalue weighted by molar-refractivity contribution is 6.28. The quantitative estimate of drug-likeness (QED) is 0.540. The zero-order valence-corrected chi connectivity index (χ0v) is 11.3. The lowest BCUT2D eigenvalue weighted by Gasteiger charge is -2.03. The number of Topliss-reactive ketones (excluding diaryl/α,β-unsaturated/α-hetero) is 1. The maximum absolute atomic E-state index is 12.5. The molecule has 0 amide bonds. The minimum Gasteiger partial charge on any atom is -0.289 e. The average Bonchev–Trinajstić information content (AvgIpc) is 2.79. The number of carbonyl (C=O) groups is 1. The average molecular weight is 270 g/mol. The first kappa shape index (κ1) is 12.8. The highest BCUT2D eigenvalue weighted by Crippen LogP contribution is 2.40. The van der Waals surface area contributed by atoms with E-state index in [0.717, 1.165) is 10.8 Å². The molecule has 1 aliphatic carbocycles. The van der Waals surface area contributed by atoms with Crippen LogP contribution in [-0.2, 0) is 0 Å². The fourth-order valence-electron chi connectivity index (χ4n) is 2.72. The molecule has 0 fully saturated rings. The number of carbonyl (C=O) groups excluding carboxylic acids is 1. The molecule has 0 atom stereocenters. The van der Waals surface area contributed by atoms with Gasteiger partial charge in [-0.3, -0.25) is 4.79 Å². The Morgan fingerprint density at radius 3 is 2.14 bits per heavy atom. The summed E-state index contributed by atoms with van der Waals surface area (Å²) in [5.74, 6) is -0.128. The Labute approximate surface area is 122 Å². The van der Waals surface area contributed by atoms with Crippen molar-refractivity contribution in [3.63, 3.8) is 0 Å². The van der Waals surface area contributed by atoms with Crippen molar-refractivity contribution >= 4 is 22.1 Å². The van der Waals surface area contributed by atoms with Crippen LogP contribution < -0.4 is 0 Å². The van der Waals surface area contributed by atoms with Gasteiger partial charge in [0.05, 0.1) is 0 Å². The van der Waals surface area contributed by atoms with E-state index in [9.17, 15) is 4.79 Å². The van der Waals surface area contributed by atoms with Crippen molar-refractivity contribution in [1.82, 2.24) is 0 Å². The van der Waals surface area contributed by atoms with E-state index in [4.69, 9.17) is 10.5 Å². The van der Waals surface area contributed by atoms with E-state index in [0.29, 0.717) is 22.3 Å². The van der Waals surface area contributed by atoms with Crippen LogP contribution in [0.2, 0.25) is 0 Å². The fourth-order valence-corrected chi connectivity index (χ4v) is 2.72. The van der Waals surface area contributed by atoms with E-state index in [-0.39, 0.29) is 11.4 Å². The second-order valence-corrected chi connectivity index (χ2v) is 4.75. The van der Waals surface area contributed by atoms with Gasteiger partial charge in [0.2, 0.25) is 0 Å². The van der Waals surface area contributed by atoms with Gasteiger partial charge in [-0.2, -0.15) is 10.5 Å². The predicted octanol–water partition coefficient (Wildman–Crippen LogP) is 3.78. The molecular formula is C18H10N2O. The molecule has 3 heteroatoms. The molecule has 0 N–H and O–H groups in total. The van der Waals surface area contributed by atoms with Crippen LogP contribution in [0.25, 0.3) is 16.3 Å². The zero-order valence-electron chi connectivity index (χ0n) is 11.3. The molecule has 1 aliphatic rings. The van der Waals surface area contributed by atoms with E-state index in [2.05, 4.69) is 0 Å². The van der Waals surface area contributed by atoms with Crippen molar-refractivity contribution in [2.24, 2.45) is 0 Å². The third kappa shape index (κ3) is 1.76. The number of allylic oxidation sites excluding steroid dienone is 4. The highest BCUT2D eigenvalue weighted by Gasteiger charge is 2.32. The van der Waals surface area contributed by atoms with Gasteiger partial charge in [-0.05, 0) is 35.4 Å². The van der Waals surface area contributed by atoms with Crippen molar-refractivity contribution < 1.29 is 4.79 Å². The molecule has 0 saturated heterocycles. The number of benzene rings is 2. The van der Waals surface area contributed by atoms with Crippen molar-refractivity contribution in [2.45, 2.75) is 6.92 Å². The number of nitrogens with zero attached hydrogens (tertiary/aromatic N) is 2. The van der Waals surface area contributed by atoms with Crippen LogP contribution in [0.5, 0.6) is 0 Å². The van der Waals surface area contributed by atoms with Crippen LogP contribution in [0.1, 0.15) is 22.8 Å². The predicted molar refractivity (Wildman–Crippen MR) is 80.2 cm³/mol. The van der Waals surface area contributed by atoms with Crippen LogP contribution in [0, 0.1) is 22.7 Å². The van der Waals surface area contributed by atoms with Crippen LogP contribution in [0.4, 0.5) is 0 Å². The molecule has 3 nitrogen and oxygen atoms in total. The van der Waals surface area contributed by atoms with Gasteiger partial charge in [0.15, 0.2) is 5.78 Å². The molecule has 0 unspecified atom stereocenters. The lowest BCUT2D eigenvalue weighted by Crippen LogP contribution is -1.95. The van der Waals surface area contributed by atoms with E-state index in [1.807, 2.05) is 48.5 Å². The fraction of sp³-hybridized carbons (Fsp3) is 0.0556. The number of nitriles is 2. The topological polar surface area (TPSA) is 64.7 Å². The second kappa shape index (κ2) is 4.74. The summed E-state index contributed by atoms with van der Waals surface area (Å²) >= 11 is 0. The molecule has 0 heterocycles. The molecule has 0 saturated carbocycles. The molecule has 21 heavy (non-hydrogen) atoms. The minimum atomic E-state index is -0.128. The molecule has 0 bridgehead atoms. The number of hydrogen-bond acceptors (Lipinski definition) is 3. The summed E-state index contributed by atoms with van der Waals surface area (Å²) in [5, 5.41) is 20.3. The maximum Gasteiger partial charge on any atom is 0.194 e. The SMILES string of the molecule is C/C=C1\C(=O)c2cc3ccccc3cc2C1=C(C#N)C#N. The number of rotatable bonds is 0. The lowest BCUT2D eigenvalue weighted by molar-refractivity contribution is 0.104. The van der Waals surface area contributed by atoms with Crippen molar-refractivity contribution in [2.75, 3.05) is 0 Å².